The molecule has 1 saturated carbocycles. The lowest BCUT2D eigenvalue weighted by molar-refractivity contribution is -0.120. The van der Waals surface area contributed by atoms with Crippen LogP contribution in [0.15, 0.2) is 0 Å². The molecule has 1 amide bonds. The fourth-order valence-electron chi connectivity index (χ4n) is 2.62. The van der Waals surface area contributed by atoms with Gasteiger partial charge < -0.3 is 15.4 Å². The molecule has 0 radical (unpaired) electrons. The van der Waals surface area contributed by atoms with Crippen molar-refractivity contribution < 1.29 is 9.53 Å². The Morgan fingerprint density at radius 2 is 2.22 bits per heavy atom. The van der Waals surface area contributed by atoms with Crippen LogP contribution in [0.25, 0.3) is 0 Å². The van der Waals surface area contributed by atoms with E-state index < -0.39 is 0 Å². The van der Waals surface area contributed by atoms with E-state index in [0.29, 0.717) is 31.2 Å². The Morgan fingerprint density at radius 1 is 1.44 bits per heavy atom. The zero-order valence-corrected chi connectivity index (χ0v) is 12.1. The molecule has 2 N–H and O–H groups in total. The standard InChI is InChI=1S/C14H28N2O2/c1-14(2)7-4-6-12(10-14)16-11-13(17)15-8-5-9-18-3/h12,16H,4-11H2,1-3H3,(H,15,17). The second-order valence-electron chi connectivity index (χ2n) is 6.03. The van der Waals surface area contributed by atoms with E-state index in [4.69, 9.17) is 4.74 Å². The molecule has 1 aliphatic rings. The van der Waals surface area contributed by atoms with Crippen LogP contribution in [0.4, 0.5) is 0 Å². The Balaban J connectivity index is 2.10. The molecule has 0 aliphatic heterocycles. The van der Waals surface area contributed by atoms with Gasteiger partial charge in [-0.25, -0.2) is 0 Å². The van der Waals surface area contributed by atoms with Crippen molar-refractivity contribution in [2.75, 3.05) is 26.8 Å². The van der Waals surface area contributed by atoms with Gasteiger partial charge in [-0.15, -0.1) is 0 Å². The average molecular weight is 256 g/mol. The second kappa shape index (κ2) is 7.74. The van der Waals surface area contributed by atoms with Crippen LogP contribution in [0.1, 0.15) is 46.0 Å². The van der Waals surface area contributed by atoms with E-state index in [1.54, 1.807) is 7.11 Å². The van der Waals surface area contributed by atoms with E-state index in [2.05, 4.69) is 24.5 Å². The summed E-state index contributed by atoms with van der Waals surface area (Å²) in [6.07, 6.45) is 5.80. The predicted molar refractivity (Wildman–Crippen MR) is 73.5 cm³/mol. The minimum absolute atomic E-state index is 0.0921. The minimum atomic E-state index is 0.0921. The summed E-state index contributed by atoms with van der Waals surface area (Å²) in [5.74, 6) is 0.0921. The summed E-state index contributed by atoms with van der Waals surface area (Å²) in [6.45, 7) is 6.46. The third-order valence-electron chi connectivity index (χ3n) is 3.60. The smallest absolute Gasteiger partial charge is 0.233 e. The first-order valence-corrected chi connectivity index (χ1v) is 7.02. The Labute approximate surface area is 111 Å². The molecular weight excluding hydrogens is 228 g/mol. The van der Waals surface area contributed by atoms with E-state index in [9.17, 15) is 4.79 Å². The van der Waals surface area contributed by atoms with Gasteiger partial charge >= 0.3 is 0 Å². The van der Waals surface area contributed by atoms with Crippen LogP contribution in [-0.4, -0.2) is 38.8 Å². The number of carbonyl (C=O) groups is 1. The van der Waals surface area contributed by atoms with Gasteiger partial charge in [-0.1, -0.05) is 20.3 Å². The molecule has 1 unspecified atom stereocenters. The normalized spacial score (nSPS) is 22.7. The van der Waals surface area contributed by atoms with Crippen LogP contribution in [0.2, 0.25) is 0 Å². The molecule has 1 fully saturated rings. The van der Waals surface area contributed by atoms with E-state index >= 15 is 0 Å². The number of hydrogen-bond acceptors (Lipinski definition) is 3. The fourth-order valence-corrected chi connectivity index (χ4v) is 2.62. The summed E-state index contributed by atoms with van der Waals surface area (Å²) in [5, 5.41) is 6.27. The van der Waals surface area contributed by atoms with Gasteiger partial charge in [0.2, 0.25) is 5.91 Å². The van der Waals surface area contributed by atoms with Crippen molar-refractivity contribution >= 4 is 5.91 Å². The number of amides is 1. The Kier molecular flexibility index (Phi) is 6.65. The highest BCUT2D eigenvalue weighted by molar-refractivity contribution is 5.77. The van der Waals surface area contributed by atoms with Crippen molar-refractivity contribution in [3.63, 3.8) is 0 Å². The lowest BCUT2D eigenvalue weighted by Crippen LogP contribution is -2.43. The van der Waals surface area contributed by atoms with Gasteiger partial charge in [0, 0.05) is 26.3 Å². The van der Waals surface area contributed by atoms with Gasteiger partial charge in [0.05, 0.1) is 6.54 Å². The lowest BCUT2D eigenvalue weighted by Gasteiger charge is -2.35. The Hall–Kier alpha value is -0.610. The van der Waals surface area contributed by atoms with Crippen molar-refractivity contribution in [2.45, 2.75) is 52.0 Å². The van der Waals surface area contributed by atoms with Gasteiger partial charge in [0.15, 0.2) is 0 Å². The highest BCUT2D eigenvalue weighted by atomic mass is 16.5. The average Bonchev–Trinajstić information content (AvgIpc) is 2.31. The number of methoxy groups -OCH3 is 1. The van der Waals surface area contributed by atoms with E-state index in [-0.39, 0.29) is 5.91 Å². The maximum Gasteiger partial charge on any atom is 0.233 e. The molecule has 0 aromatic carbocycles. The second-order valence-corrected chi connectivity index (χ2v) is 6.03. The van der Waals surface area contributed by atoms with Gasteiger partial charge in [-0.05, 0) is 31.1 Å². The third kappa shape index (κ3) is 6.36. The number of hydrogen-bond donors (Lipinski definition) is 2. The largest absolute Gasteiger partial charge is 0.385 e. The molecule has 106 valence electrons. The molecule has 0 spiro atoms. The first-order chi connectivity index (χ1) is 8.53. The van der Waals surface area contributed by atoms with E-state index in [0.717, 1.165) is 6.42 Å². The summed E-state index contributed by atoms with van der Waals surface area (Å²) >= 11 is 0. The SMILES string of the molecule is COCCCNC(=O)CNC1CCCC(C)(C)C1. The van der Waals surface area contributed by atoms with Gasteiger partial charge in [0.25, 0.3) is 0 Å². The molecule has 0 heterocycles. The van der Waals surface area contributed by atoms with Gasteiger partial charge in [-0.2, -0.15) is 0 Å². The molecule has 4 heteroatoms. The van der Waals surface area contributed by atoms with Crippen LogP contribution >= 0.6 is 0 Å². The molecule has 1 atom stereocenters. The quantitative estimate of drug-likeness (QED) is 0.682. The minimum Gasteiger partial charge on any atom is -0.385 e. The monoisotopic (exact) mass is 256 g/mol. The van der Waals surface area contributed by atoms with Crippen molar-refractivity contribution in [3.05, 3.63) is 0 Å². The number of rotatable bonds is 7. The summed E-state index contributed by atoms with van der Waals surface area (Å²) in [7, 11) is 1.67. The molecule has 0 aromatic rings. The predicted octanol–water partition coefficient (Wildman–Crippen LogP) is 1.70. The first-order valence-electron chi connectivity index (χ1n) is 7.02. The van der Waals surface area contributed by atoms with Gasteiger partial charge in [0.1, 0.15) is 0 Å². The number of carbonyl (C=O) groups excluding carboxylic acids is 1. The lowest BCUT2D eigenvalue weighted by atomic mass is 9.75. The third-order valence-corrected chi connectivity index (χ3v) is 3.60. The van der Waals surface area contributed by atoms with Crippen LogP contribution in [-0.2, 0) is 9.53 Å². The fraction of sp³-hybridized carbons (Fsp3) is 0.929. The topological polar surface area (TPSA) is 50.4 Å². The van der Waals surface area contributed by atoms with Crippen molar-refractivity contribution in [1.29, 1.82) is 0 Å². The maximum absolute atomic E-state index is 11.6. The first kappa shape index (κ1) is 15.4. The highest BCUT2D eigenvalue weighted by Gasteiger charge is 2.27. The number of nitrogens with one attached hydrogen (secondary N) is 2. The number of ether oxygens (including phenoxy) is 1. The van der Waals surface area contributed by atoms with E-state index in [1.807, 2.05) is 0 Å². The van der Waals surface area contributed by atoms with Crippen molar-refractivity contribution in [2.24, 2.45) is 5.41 Å². The summed E-state index contributed by atoms with van der Waals surface area (Å²) in [4.78, 5) is 11.6. The Bertz CT molecular complexity index is 254. The summed E-state index contributed by atoms with van der Waals surface area (Å²) in [6, 6.07) is 0.499. The molecule has 1 rings (SSSR count). The zero-order valence-electron chi connectivity index (χ0n) is 12.1. The molecule has 4 nitrogen and oxygen atoms in total. The van der Waals surface area contributed by atoms with Crippen molar-refractivity contribution in [3.8, 4) is 0 Å². The maximum atomic E-state index is 11.6. The molecule has 0 aromatic heterocycles. The van der Waals surface area contributed by atoms with E-state index in [1.165, 1.54) is 25.7 Å². The summed E-state index contributed by atoms with van der Waals surface area (Å²) in [5.41, 5.74) is 0.421. The van der Waals surface area contributed by atoms with Crippen molar-refractivity contribution in [1.82, 2.24) is 10.6 Å². The molecule has 0 saturated heterocycles. The Morgan fingerprint density at radius 3 is 2.89 bits per heavy atom. The van der Waals surface area contributed by atoms with Gasteiger partial charge in [-0.3, -0.25) is 4.79 Å². The van der Waals surface area contributed by atoms with Crippen LogP contribution in [0, 0.1) is 5.41 Å². The van der Waals surface area contributed by atoms with Crippen LogP contribution in [0.5, 0.6) is 0 Å². The van der Waals surface area contributed by atoms with Crippen LogP contribution < -0.4 is 10.6 Å². The molecule has 0 bridgehead atoms. The summed E-state index contributed by atoms with van der Waals surface area (Å²) < 4.78 is 4.93. The molecular formula is C14H28N2O2. The molecule has 18 heavy (non-hydrogen) atoms. The molecule has 1 aliphatic carbocycles. The van der Waals surface area contributed by atoms with Crippen LogP contribution in [0.3, 0.4) is 0 Å². The zero-order chi connectivity index (χ0) is 13.4. The highest BCUT2D eigenvalue weighted by Crippen LogP contribution is 2.34.